The number of morpholine rings is 1. The van der Waals surface area contributed by atoms with Gasteiger partial charge in [0.15, 0.2) is 0 Å². The normalized spacial score (nSPS) is 19.9. The lowest BCUT2D eigenvalue weighted by Gasteiger charge is -2.23. The van der Waals surface area contributed by atoms with Crippen LogP contribution in [0.1, 0.15) is 6.42 Å². The molecular formula is C13H20N2O2. The number of hydrogen-bond acceptors (Lipinski definition) is 4. The molecule has 94 valence electrons. The molecule has 0 radical (unpaired) electrons. The van der Waals surface area contributed by atoms with E-state index in [4.69, 9.17) is 9.47 Å². The van der Waals surface area contributed by atoms with Gasteiger partial charge in [0.2, 0.25) is 0 Å². The Morgan fingerprint density at radius 2 is 2.24 bits per heavy atom. The highest BCUT2D eigenvalue weighted by atomic mass is 16.5. The molecule has 0 bridgehead atoms. The fraction of sp³-hybridized carbons (Fsp3) is 0.538. The zero-order valence-electron chi connectivity index (χ0n) is 10.2. The molecule has 1 aliphatic heterocycles. The lowest BCUT2D eigenvalue weighted by atomic mass is 10.2. The van der Waals surface area contributed by atoms with E-state index < -0.39 is 0 Å². The third-order valence-electron chi connectivity index (χ3n) is 2.89. The molecule has 0 saturated carbocycles. The van der Waals surface area contributed by atoms with Crippen LogP contribution in [0.2, 0.25) is 0 Å². The Kier molecular flexibility index (Phi) is 4.64. The highest BCUT2D eigenvalue weighted by Crippen LogP contribution is 2.15. The van der Waals surface area contributed by atoms with Crippen LogP contribution < -0.4 is 15.4 Å². The van der Waals surface area contributed by atoms with E-state index in [1.165, 1.54) is 0 Å². The maximum atomic E-state index is 5.63. The van der Waals surface area contributed by atoms with Crippen LogP contribution >= 0.6 is 0 Å². The molecule has 1 aromatic carbocycles. The summed E-state index contributed by atoms with van der Waals surface area (Å²) < 4.78 is 10.7. The summed E-state index contributed by atoms with van der Waals surface area (Å²) in [4.78, 5) is 0. The van der Waals surface area contributed by atoms with Gasteiger partial charge in [-0.25, -0.2) is 0 Å². The Morgan fingerprint density at radius 1 is 1.41 bits per heavy atom. The van der Waals surface area contributed by atoms with Gasteiger partial charge >= 0.3 is 0 Å². The number of ether oxygens (including phenoxy) is 2. The number of rotatable bonds is 5. The molecular weight excluding hydrogens is 216 g/mol. The summed E-state index contributed by atoms with van der Waals surface area (Å²) in [5, 5.41) is 6.71. The van der Waals surface area contributed by atoms with E-state index in [9.17, 15) is 0 Å². The van der Waals surface area contributed by atoms with E-state index in [0.29, 0.717) is 6.10 Å². The van der Waals surface area contributed by atoms with E-state index in [-0.39, 0.29) is 0 Å². The minimum atomic E-state index is 0.342. The average Bonchev–Trinajstić information content (AvgIpc) is 2.41. The minimum Gasteiger partial charge on any atom is -0.497 e. The van der Waals surface area contributed by atoms with Gasteiger partial charge in [-0.15, -0.1) is 0 Å². The predicted molar refractivity (Wildman–Crippen MR) is 68.7 cm³/mol. The molecule has 1 aliphatic rings. The Bertz CT molecular complexity index is 321. The van der Waals surface area contributed by atoms with Crippen molar-refractivity contribution in [3.63, 3.8) is 0 Å². The van der Waals surface area contributed by atoms with Crippen molar-refractivity contribution in [3.8, 4) is 5.75 Å². The van der Waals surface area contributed by atoms with Crippen molar-refractivity contribution in [1.82, 2.24) is 5.32 Å². The first-order valence-corrected chi connectivity index (χ1v) is 6.09. The molecule has 0 aliphatic carbocycles. The molecule has 0 amide bonds. The SMILES string of the molecule is COc1ccc(NCCC2CNCCO2)cc1. The third kappa shape index (κ3) is 3.91. The number of benzene rings is 1. The Labute approximate surface area is 102 Å². The van der Waals surface area contributed by atoms with E-state index in [1.54, 1.807) is 7.11 Å². The fourth-order valence-corrected chi connectivity index (χ4v) is 1.89. The van der Waals surface area contributed by atoms with Crippen molar-refractivity contribution >= 4 is 5.69 Å². The lowest BCUT2D eigenvalue weighted by molar-refractivity contribution is 0.0258. The van der Waals surface area contributed by atoms with Gasteiger partial charge in [-0.05, 0) is 30.7 Å². The second-order valence-electron chi connectivity index (χ2n) is 4.14. The fourth-order valence-electron chi connectivity index (χ4n) is 1.89. The molecule has 4 nitrogen and oxygen atoms in total. The summed E-state index contributed by atoms with van der Waals surface area (Å²) in [5.41, 5.74) is 1.12. The topological polar surface area (TPSA) is 42.5 Å². The van der Waals surface area contributed by atoms with Gasteiger partial charge in [0.25, 0.3) is 0 Å². The highest BCUT2D eigenvalue weighted by Gasteiger charge is 2.12. The maximum Gasteiger partial charge on any atom is 0.119 e. The van der Waals surface area contributed by atoms with Crippen LogP contribution in [0.4, 0.5) is 5.69 Å². The van der Waals surface area contributed by atoms with Crippen molar-refractivity contribution in [1.29, 1.82) is 0 Å². The standard InChI is InChI=1S/C13H20N2O2/c1-16-12-4-2-11(3-5-12)15-7-6-13-10-14-8-9-17-13/h2-5,13-15H,6-10H2,1H3. The Morgan fingerprint density at radius 3 is 2.88 bits per heavy atom. The number of nitrogens with one attached hydrogen (secondary N) is 2. The van der Waals surface area contributed by atoms with E-state index in [1.807, 2.05) is 24.3 Å². The summed E-state index contributed by atoms with van der Waals surface area (Å²) in [6, 6.07) is 7.97. The van der Waals surface area contributed by atoms with E-state index >= 15 is 0 Å². The number of hydrogen-bond donors (Lipinski definition) is 2. The summed E-state index contributed by atoms with van der Waals surface area (Å²) in [5.74, 6) is 0.885. The zero-order valence-corrected chi connectivity index (χ0v) is 10.2. The first kappa shape index (κ1) is 12.2. The maximum absolute atomic E-state index is 5.63. The van der Waals surface area contributed by atoms with Crippen molar-refractivity contribution in [2.75, 3.05) is 38.7 Å². The Balaban J connectivity index is 1.69. The first-order chi connectivity index (χ1) is 8.38. The summed E-state index contributed by atoms with van der Waals surface area (Å²) in [7, 11) is 1.68. The molecule has 2 rings (SSSR count). The molecule has 0 spiro atoms. The van der Waals surface area contributed by atoms with Crippen LogP contribution in [0.3, 0.4) is 0 Å². The Hall–Kier alpha value is -1.26. The van der Waals surface area contributed by atoms with Gasteiger partial charge in [0.1, 0.15) is 5.75 Å². The van der Waals surface area contributed by atoms with Crippen LogP contribution in [0, 0.1) is 0 Å². The quantitative estimate of drug-likeness (QED) is 0.813. The van der Waals surface area contributed by atoms with E-state index in [0.717, 1.165) is 44.1 Å². The summed E-state index contributed by atoms with van der Waals surface area (Å²) >= 11 is 0. The largest absolute Gasteiger partial charge is 0.497 e. The van der Waals surface area contributed by atoms with Gasteiger partial charge in [-0.1, -0.05) is 0 Å². The summed E-state index contributed by atoms with van der Waals surface area (Å²) in [6.07, 6.45) is 1.37. The average molecular weight is 236 g/mol. The molecule has 17 heavy (non-hydrogen) atoms. The van der Waals surface area contributed by atoms with Crippen molar-refractivity contribution in [2.24, 2.45) is 0 Å². The molecule has 1 saturated heterocycles. The van der Waals surface area contributed by atoms with Crippen LogP contribution in [0.15, 0.2) is 24.3 Å². The number of anilines is 1. The van der Waals surface area contributed by atoms with Gasteiger partial charge in [-0.2, -0.15) is 0 Å². The second-order valence-corrected chi connectivity index (χ2v) is 4.14. The molecule has 0 aromatic heterocycles. The second kappa shape index (κ2) is 6.47. The molecule has 4 heteroatoms. The molecule has 1 atom stereocenters. The highest BCUT2D eigenvalue weighted by molar-refractivity contribution is 5.46. The van der Waals surface area contributed by atoms with Gasteiger partial charge in [-0.3, -0.25) is 0 Å². The third-order valence-corrected chi connectivity index (χ3v) is 2.89. The van der Waals surface area contributed by atoms with E-state index in [2.05, 4.69) is 10.6 Å². The van der Waals surface area contributed by atoms with Gasteiger partial charge in [0, 0.05) is 25.3 Å². The van der Waals surface area contributed by atoms with Crippen molar-refractivity contribution in [3.05, 3.63) is 24.3 Å². The lowest BCUT2D eigenvalue weighted by Crippen LogP contribution is -2.39. The molecule has 1 unspecified atom stereocenters. The predicted octanol–water partition coefficient (Wildman–Crippen LogP) is 1.49. The zero-order chi connectivity index (χ0) is 11.9. The van der Waals surface area contributed by atoms with Crippen LogP contribution in [-0.2, 0) is 4.74 Å². The smallest absolute Gasteiger partial charge is 0.119 e. The van der Waals surface area contributed by atoms with Crippen LogP contribution in [0.25, 0.3) is 0 Å². The van der Waals surface area contributed by atoms with Gasteiger partial charge in [0.05, 0.1) is 19.8 Å². The molecule has 2 N–H and O–H groups in total. The van der Waals surface area contributed by atoms with Crippen molar-refractivity contribution in [2.45, 2.75) is 12.5 Å². The molecule has 1 heterocycles. The van der Waals surface area contributed by atoms with Gasteiger partial charge < -0.3 is 20.1 Å². The van der Waals surface area contributed by atoms with Crippen molar-refractivity contribution < 1.29 is 9.47 Å². The minimum absolute atomic E-state index is 0.342. The summed E-state index contributed by atoms with van der Waals surface area (Å²) in [6.45, 7) is 3.69. The first-order valence-electron chi connectivity index (χ1n) is 6.09. The molecule has 1 aromatic rings. The number of methoxy groups -OCH3 is 1. The monoisotopic (exact) mass is 236 g/mol. The van der Waals surface area contributed by atoms with Crippen LogP contribution in [0.5, 0.6) is 5.75 Å². The molecule has 1 fully saturated rings. The van der Waals surface area contributed by atoms with Crippen LogP contribution in [-0.4, -0.2) is 39.5 Å².